The third kappa shape index (κ3) is 13.9. The molecule has 0 bridgehead atoms. The molecule has 1 aliphatic heterocycles. The summed E-state index contributed by atoms with van der Waals surface area (Å²) in [6.07, 6.45) is 34.7. The fourth-order valence-electron chi connectivity index (χ4n) is 7.20. The molecule has 0 saturated heterocycles. The first-order chi connectivity index (χ1) is 29.0. The number of aryl methyl sites for hydroxylation is 4. The second kappa shape index (κ2) is 24.1. The van der Waals surface area contributed by atoms with E-state index in [9.17, 15) is 0 Å². The summed E-state index contributed by atoms with van der Waals surface area (Å²) in [5, 5.41) is 0. The van der Waals surface area contributed by atoms with Crippen molar-refractivity contribution in [3.8, 4) is 20.0 Å². The van der Waals surface area contributed by atoms with E-state index in [0.29, 0.717) is 0 Å². The van der Waals surface area contributed by atoms with Gasteiger partial charge in [-0.3, -0.25) is 0 Å². The zero-order valence-corrected chi connectivity index (χ0v) is 39.3. The molecule has 0 atom stereocenters. The molecule has 0 fully saturated rings. The molecular weight excluding hydrogens is 843 g/mol. The molecule has 4 aromatic carbocycles. The molecular formula is C57H63Se2+. The van der Waals surface area contributed by atoms with Gasteiger partial charge in [-0.15, -0.1) is 0 Å². The summed E-state index contributed by atoms with van der Waals surface area (Å²) >= 11 is 0.469. The van der Waals surface area contributed by atoms with E-state index in [1.54, 1.807) is 0 Å². The van der Waals surface area contributed by atoms with Crippen molar-refractivity contribution in [2.75, 3.05) is 0 Å². The van der Waals surface area contributed by atoms with Crippen LogP contribution in [0.25, 0.3) is 35.0 Å². The molecule has 0 radical (unpaired) electrons. The molecule has 59 heavy (non-hydrogen) atoms. The average molecular weight is 906 g/mol. The van der Waals surface area contributed by atoms with Crippen LogP contribution in [0.1, 0.15) is 118 Å². The van der Waals surface area contributed by atoms with Gasteiger partial charge in [0.2, 0.25) is 0 Å². The standard InChI is InChI=1S/C57H63Se2/c1-5-9-18-44-24-32-50(33-25-44)54-40-48(41-55(58-54)51-34-26-45(27-35-51)19-10-6-2)22-16-14-13-15-17-23-49-42-56(52-36-28-46(29-37-52)20-11-7-3)59-57(43-49)53-38-30-47(31-39-53)21-12-8-4/h13-17,22-43H,5-12,18-21H2,1-4H3/q+1. The van der Waals surface area contributed by atoms with Gasteiger partial charge in [-0.1, -0.05) is 0 Å². The Kier molecular flexibility index (Phi) is 18.1. The van der Waals surface area contributed by atoms with E-state index < -0.39 is 0 Å². The summed E-state index contributed by atoms with van der Waals surface area (Å²) in [7, 11) is 0. The number of hydrogen-bond acceptors (Lipinski definition) is 0. The zero-order valence-electron chi connectivity index (χ0n) is 35.9. The average Bonchev–Trinajstić information content (AvgIpc) is 3.29. The van der Waals surface area contributed by atoms with Crippen molar-refractivity contribution >= 4 is 44.5 Å². The van der Waals surface area contributed by atoms with Crippen LogP contribution in [0.4, 0.5) is 0 Å². The third-order valence-corrected chi connectivity index (χ3v) is 15.7. The van der Waals surface area contributed by atoms with Crippen LogP contribution in [-0.4, -0.2) is 29.5 Å². The molecule has 0 aliphatic carbocycles. The van der Waals surface area contributed by atoms with Crippen molar-refractivity contribution in [2.24, 2.45) is 0 Å². The molecule has 2 heteroatoms. The van der Waals surface area contributed by atoms with Crippen LogP contribution in [-0.2, 0) is 25.7 Å². The monoisotopic (exact) mass is 907 g/mol. The Morgan fingerprint density at radius 2 is 0.780 bits per heavy atom. The van der Waals surface area contributed by atoms with Crippen LogP contribution in [0, 0.1) is 0 Å². The van der Waals surface area contributed by atoms with Gasteiger partial charge >= 0.3 is 372 Å². The molecule has 0 nitrogen and oxygen atoms in total. The van der Waals surface area contributed by atoms with Crippen LogP contribution in [0.5, 0.6) is 0 Å². The number of allylic oxidation sites excluding steroid dienone is 9. The van der Waals surface area contributed by atoms with Crippen LogP contribution in [0.2, 0.25) is 0 Å². The number of hydrogen-bond donors (Lipinski definition) is 0. The minimum atomic E-state index is 0.234. The topological polar surface area (TPSA) is 0 Å². The molecule has 0 unspecified atom stereocenters. The van der Waals surface area contributed by atoms with Gasteiger partial charge in [-0.05, 0) is 0 Å². The van der Waals surface area contributed by atoms with Crippen LogP contribution >= 0.6 is 0 Å². The van der Waals surface area contributed by atoms with Gasteiger partial charge in [0.05, 0.1) is 0 Å². The fourth-order valence-corrected chi connectivity index (χ4v) is 12.0. The van der Waals surface area contributed by atoms with Gasteiger partial charge in [0.15, 0.2) is 0 Å². The van der Waals surface area contributed by atoms with E-state index in [-0.39, 0.29) is 29.5 Å². The first-order valence-electron chi connectivity index (χ1n) is 22.2. The summed E-state index contributed by atoms with van der Waals surface area (Å²) in [4.78, 5) is 0. The Labute approximate surface area is 369 Å². The Balaban J connectivity index is 1.21. The van der Waals surface area contributed by atoms with Gasteiger partial charge in [0.1, 0.15) is 0 Å². The second-order valence-corrected chi connectivity index (χ2v) is 20.3. The molecule has 2 heterocycles. The number of unbranched alkanes of at least 4 members (excludes halogenated alkanes) is 4. The Hall–Kier alpha value is -4.29. The molecule has 6 rings (SSSR count). The van der Waals surface area contributed by atoms with E-state index in [2.05, 4.69) is 192 Å². The van der Waals surface area contributed by atoms with E-state index in [4.69, 9.17) is 0 Å². The molecule has 1 aliphatic rings. The van der Waals surface area contributed by atoms with E-state index >= 15 is 0 Å². The van der Waals surface area contributed by atoms with Crippen molar-refractivity contribution in [2.45, 2.75) is 105 Å². The SMILES string of the molecule is CCCCc1ccc(C2=CC(=CC=CC=C/C=C/c3cc(-c4ccc(CCCC)cc4)[se+]c(-c4ccc(CCCC)cc4)c3)C=C(c3ccc(CCCC)cc3)[Se]2)cc1. The Morgan fingerprint density at radius 3 is 1.17 bits per heavy atom. The molecule has 0 N–H and O–H groups in total. The van der Waals surface area contributed by atoms with Crippen molar-refractivity contribution in [3.63, 3.8) is 0 Å². The molecule has 5 aromatic rings. The molecule has 0 spiro atoms. The van der Waals surface area contributed by atoms with Gasteiger partial charge < -0.3 is 0 Å². The normalized spacial score (nSPS) is 13.1. The molecule has 302 valence electrons. The van der Waals surface area contributed by atoms with Crippen molar-refractivity contribution in [1.82, 2.24) is 0 Å². The summed E-state index contributed by atoms with van der Waals surface area (Å²) in [5.74, 6) is 0. The fraction of sp³-hybridized carbons (Fsp3) is 0.281. The van der Waals surface area contributed by atoms with Crippen molar-refractivity contribution in [1.29, 1.82) is 0 Å². The predicted octanol–water partition coefficient (Wildman–Crippen LogP) is 15.6. The number of benzene rings is 4. The van der Waals surface area contributed by atoms with Gasteiger partial charge in [-0.2, -0.15) is 0 Å². The zero-order chi connectivity index (χ0) is 41.1. The molecule has 0 amide bonds. The quantitative estimate of drug-likeness (QED) is 0.0539. The Bertz CT molecular complexity index is 2100. The minimum absolute atomic E-state index is 0.234. The summed E-state index contributed by atoms with van der Waals surface area (Å²) < 4.78 is 5.76. The van der Waals surface area contributed by atoms with E-state index in [1.807, 2.05) is 0 Å². The van der Waals surface area contributed by atoms with Crippen molar-refractivity contribution < 1.29 is 0 Å². The van der Waals surface area contributed by atoms with Crippen LogP contribution < -0.4 is 0 Å². The van der Waals surface area contributed by atoms with Gasteiger partial charge in [-0.25, -0.2) is 0 Å². The summed E-state index contributed by atoms with van der Waals surface area (Å²) in [6.45, 7) is 9.07. The maximum absolute atomic E-state index is 2.40. The predicted molar refractivity (Wildman–Crippen MR) is 263 cm³/mol. The Morgan fingerprint density at radius 1 is 0.424 bits per heavy atom. The third-order valence-electron chi connectivity index (χ3n) is 10.9. The first kappa shape index (κ1) is 44.3. The second-order valence-electron chi connectivity index (χ2n) is 15.7. The number of rotatable bonds is 20. The van der Waals surface area contributed by atoms with Crippen LogP contribution in [0.15, 0.2) is 163 Å². The maximum atomic E-state index is 2.40. The summed E-state index contributed by atoms with van der Waals surface area (Å²) in [5.41, 5.74) is 13.6. The first-order valence-corrected chi connectivity index (χ1v) is 25.7. The summed E-state index contributed by atoms with van der Waals surface area (Å²) in [6, 6.07) is 42.2. The van der Waals surface area contributed by atoms with Crippen molar-refractivity contribution in [3.05, 3.63) is 202 Å². The molecule has 1 aromatic heterocycles. The van der Waals surface area contributed by atoms with E-state index in [1.165, 1.54) is 125 Å². The van der Waals surface area contributed by atoms with Crippen LogP contribution in [0.3, 0.4) is 0 Å². The van der Waals surface area contributed by atoms with Gasteiger partial charge in [0.25, 0.3) is 0 Å². The molecule has 0 saturated carbocycles. The van der Waals surface area contributed by atoms with Gasteiger partial charge in [0, 0.05) is 0 Å². The van der Waals surface area contributed by atoms with E-state index in [0.717, 1.165) is 25.7 Å².